The van der Waals surface area contributed by atoms with Crippen LogP contribution in [0.5, 0.6) is 0 Å². The first kappa shape index (κ1) is 8.86. The lowest BCUT2D eigenvalue weighted by Crippen LogP contribution is -1.97. The lowest BCUT2D eigenvalue weighted by molar-refractivity contribution is 0.423. The van der Waals surface area contributed by atoms with E-state index < -0.39 is 0 Å². The summed E-state index contributed by atoms with van der Waals surface area (Å²) in [7, 11) is 0. The minimum Gasteiger partial charge on any atom is -0.333 e. The van der Waals surface area contributed by atoms with Crippen LogP contribution in [0.25, 0.3) is 10.8 Å². The van der Waals surface area contributed by atoms with Crippen molar-refractivity contribution in [2.45, 2.75) is 6.54 Å². The Balaban J connectivity index is 2.35. The number of aromatic nitrogens is 2. The smallest absolute Gasteiger partial charge is 0.268 e. The van der Waals surface area contributed by atoms with Crippen molar-refractivity contribution in [3.05, 3.63) is 21.7 Å². The summed E-state index contributed by atoms with van der Waals surface area (Å²) in [5.41, 5.74) is 5.36. The molecule has 0 unspecified atom stereocenters. The van der Waals surface area contributed by atoms with Crippen LogP contribution in [0.2, 0.25) is 0 Å². The van der Waals surface area contributed by atoms with Gasteiger partial charge in [-0.2, -0.15) is 4.98 Å². The summed E-state index contributed by atoms with van der Waals surface area (Å²) in [6.45, 7) is 0.302. The topological polar surface area (TPSA) is 64.9 Å². The summed E-state index contributed by atoms with van der Waals surface area (Å²) >= 11 is 4.89. The van der Waals surface area contributed by atoms with E-state index in [9.17, 15) is 0 Å². The standard InChI is InChI=1S/C7H6BrN3OS/c8-4-1-5(13-3-4)7-10-6(2-9)11-12-7/h1,3H,2,9H2. The van der Waals surface area contributed by atoms with E-state index >= 15 is 0 Å². The van der Waals surface area contributed by atoms with Gasteiger partial charge in [0.25, 0.3) is 5.89 Å². The van der Waals surface area contributed by atoms with Gasteiger partial charge in [0, 0.05) is 9.85 Å². The monoisotopic (exact) mass is 259 g/mol. The number of thiophene rings is 1. The number of halogens is 1. The molecule has 0 radical (unpaired) electrons. The van der Waals surface area contributed by atoms with Crippen molar-refractivity contribution in [3.8, 4) is 10.8 Å². The van der Waals surface area contributed by atoms with Crippen LogP contribution in [0.3, 0.4) is 0 Å². The molecule has 68 valence electrons. The van der Waals surface area contributed by atoms with Crippen LogP contribution in [0, 0.1) is 0 Å². The Kier molecular flexibility index (Phi) is 2.43. The van der Waals surface area contributed by atoms with Gasteiger partial charge in [-0.15, -0.1) is 11.3 Å². The quantitative estimate of drug-likeness (QED) is 0.897. The molecule has 0 aliphatic rings. The molecule has 0 bridgehead atoms. The molecule has 0 amide bonds. The molecule has 2 rings (SSSR count). The number of nitrogens with two attached hydrogens (primary N) is 1. The first-order chi connectivity index (χ1) is 6.29. The van der Waals surface area contributed by atoms with Gasteiger partial charge in [0.2, 0.25) is 0 Å². The van der Waals surface area contributed by atoms with Gasteiger partial charge in [-0.05, 0) is 22.0 Å². The zero-order valence-electron chi connectivity index (χ0n) is 6.53. The van der Waals surface area contributed by atoms with Crippen molar-refractivity contribution in [1.82, 2.24) is 10.1 Å². The Morgan fingerprint density at radius 1 is 1.62 bits per heavy atom. The lowest BCUT2D eigenvalue weighted by Gasteiger charge is -1.82. The van der Waals surface area contributed by atoms with Gasteiger partial charge >= 0.3 is 0 Å². The summed E-state index contributed by atoms with van der Waals surface area (Å²) in [6.07, 6.45) is 0. The fourth-order valence-corrected chi connectivity index (χ4v) is 2.21. The van der Waals surface area contributed by atoms with Crippen LogP contribution >= 0.6 is 27.3 Å². The van der Waals surface area contributed by atoms with Crippen molar-refractivity contribution < 1.29 is 4.52 Å². The Morgan fingerprint density at radius 3 is 3.00 bits per heavy atom. The van der Waals surface area contributed by atoms with E-state index in [0.717, 1.165) is 9.35 Å². The van der Waals surface area contributed by atoms with Crippen molar-refractivity contribution >= 4 is 27.3 Å². The van der Waals surface area contributed by atoms with Gasteiger partial charge < -0.3 is 10.3 Å². The Bertz CT molecular complexity index is 411. The normalized spacial score (nSPS) is 10.6. The summed E-state index contributed by atoms with van der Waals surface area (Å²) < 4.78 is 6.02. The van der Waals surface area contributed by atoms with E-state index in [-0.39, 0.29) is 0 Å². The predicted molar refractivity (Wildman–Crippen MR) is 53.2 cm³/mol. The first-order valence-electron chi connectivity index (χ1n) is 3.56. The van der Waals surface area contributed by atoms with E-state index in [4.69, 9.17) is 10.3 Å². The fraction of sp³-hybridized carbons (Fsp3) is 0.143. The van der Waals surface area contributed by atoms with E-state index in [1.807, 2.05) is 11.4 Å². The van der Waals surface area contributed by atoms with Crippen LogP contribution in [-0.4, -0.2) is 10.1 Å². The van der Waals surface area contributed by atoms with Crippen LogP contribution < -0.4 is 5.73 Å². The Morgan fingerprint density at radius 2 is 2.46 bits per heavy atom. The van der Waals surface area contributed by atoms with Crippen LogP contribution in [0.4, 0.5) is 0 Å². The molecule has 0 saturated carbocycles. The largest absolute Gasteiger partial charge is 0.333 e. The highest BCUT2D eigenvalue weighted by molar-refractivity contribution is 9.10. The molecule has 2 aromatic rings. The molecule has 0 aliphatic carbocycles. The maximum absolute atomic E-state index is 5.36. The van der Waals surface area contributed by atoms with Crippen molar-refractivity contribution in [1.29, 1.82) is 0 Å². The maximum Gasteiger partial charge on any atom is 0.268 e. The van der Waals surface area contributed by atoms with E-state index in [0.29, 0.717) is 18.3 Å². The first-order valence-corrected chi connectivity index (χ1v) is 5.24. The average Bonchev–Trinajstić information content (AvgIpc) is 2.71. The fourth-order valence-electron chi connectivity index (χ4n) is 0.862. The molecule has 0 aromatic carbocycles. The number of hydrogen-bond acceptors (Lipinski definition) is 5. The minimum atomic E-state index is 0.302. The molecule has 2 heterocycles. The third-order valence-corrected chi connectivity index (χ3v) is 3.11. The summed E-state index contributed by atoms with van der Waals surface area (Å²) in [5, 5.41) is 5.66. The number of hydrogen-bond donors (Lipinski definition) is 1. The molecule has 0 atom stereocenters. The molecule has 0 saturated heterocycles. The Hall–Kier alpha value is -0.720. The van der Waals surface area contributed by atoms with E-state index in [1.165, 1.54) is 0 Å². The highest BCUT2D eigenvalue weighted by Gasteiger charge is 2.09. The van der Waals surface area contributed by atoms with Crippen molar-refractivity contribution in [2.75, 3.05) is 0 Å². The SMILES string of the molecule is NCc1noc(-c2cc(Br)cs2)n1. The van der Waals surface area contributed by atoms with Crippen molar-refractivity contribution in [2.24, 2.45) is 5.73 Å². The second-order valence-corrected chi connectivity index (χ2v) is 4.18. The molecule has 4 nitrogen and oxygen atoms in total. The van der Waals surface area contributed by atoms with Gasteiger partial charge in [-0.1, -0.05) is 5.16 Å². The molecule has 0 fully saturated rings. The second-order valence-electron chi connectivity index (χ2n) is 2.35. The average molecular weight is 260 g/mol. The third-order valence-electron chi connectivity index (χ3n) is 1.43. The summed E-state index contributed by atoms with van der Waals surface area (Å²) in [6, 6.07) is 1.93. The van der Waals surface area contributed by atoms with Gasteiger partial charge in [0.15, 0.2) is 5.82 Å². The zero-order chi connectivity index (χ0) is 9.26. The lowest BCUT2D eigenvalue weighted by atomic mass is 10.5. The van der Waals surface area contributed by atoms with Crippen LogP contribution in [0.1, 0.15) is 5.82 Å². The molecular weight excluding hydrogens is 254 g/mol. The van der Waals surface area contributed by atoms with Gasteiger partial charge in [0.1, 0.15) is 0 Å². The summed E-state index contributed by atoms with van der Waals surface area (Å²) in [4.78, 5) is 5.04. The highest BCUT2D eigenvalue weighted by atomic mass is 79.9. The molecule has 13 heavy (non-hydrogen) atoms. The number of rotatable bonds is 2. The maximum atomic E-state index is 5.36. The predicted octanol–water partition coefficient (Wildman–Crippen LogP) is 2.02. The highest BCUT2D eigenvalue weighted by Crippen LogP contribution is 2.28. The van der Waals surface area contributed by atoms with E-state index in [1.54, 1.807) is 11.3 Å². The van der Waals surface area contributed by atoms with Gasteiger partial charge in [-0.3, -0.25) is 0 Å². The van der Waals surface area contributed by atoms with Gasteiger partial charge in [0.05, 0.1) is 11.4 Å². The Labute approximate surface area is 86.9 Å². The third kappa shape index (κ3) is 1.79. The van der Waals surface area contributed by atoms with Crippen LogP contribution in [0.15, 0.2) is 20.4 Å². The molecule has 6 heteroatoms. The second kappa shape index (κ2) is 3.57. The summed E-state index contributed by atoms with van der Waals surface area (Å²) in [5.74, 6) is 1.05. The molecule has 2 aromatic heterocycles. The zero-order valence-corrected chi connectivity index (χ0v) is 8.93. The molecule has 0 spiro atoms. The van der Waals surface area contributed by atoms with Gasteiger partial charge in [-0.25, -0.2) is 0 Å². The van der Waals surface area contributed by atoms with Crippen LogP contribution in [-0.2, 0) is 6.54 Å². The molecule has 2 N–H and O–H groups in total. The molecule has 0 aliphatic heterocycles. The number of nitrogens with zero attached hydrogens (tertiary/aromatic N) is 2. The van der Waals surface area contributed by atoms with E-state index in [2.05, 4.69) is 26.1 Å². The minimum absolute atomic E-state index is 0.302. The van der Waals surface area contributed by atoms with Crippen molar-refractivity contribution in [3.63, 3.8) is 0 Å². The molecular formula is C7H6BrN3OS.